The molecular weight excluding hydrogens is 282 g/mol. The zero-order chi connectivity index (χ0) is 12.7. The average molecular weight is 300 g/mol. The van der Waals surface area contributed by atoms with E-state index in [4.69, 9.17) is 0 Å². The van der Waals surface area contributed by atoms with Gasteiger partial charge >= 0.3 is 0 Å². The summed E-state index contributed by atoms with van der Waals surface area (Å²) in [6.07, 6.45) is 0. The topological polar surface area (TPSA) is 44.4 Å². The Hall–Kier alpha value is -0.910. The van der Waals surface area contributed by atoms with Crippen molar-refractivity contribution in [1.82, 2.24) is 10.2 Å². The van der Waals surface area contributed by atoms with E-state index < -0.39 is 0 Å². The number of likely N-dealkylation sites (N-methyl/N-ethyl adjacent to an activating group) is 1. The predicted octanol–water partition coefficient (Wildman–Crippen LogP) is 1.54. The van der Waals surface area contributed by atoms with Crippen LogP contribution in [0.5, 0.6) is 0 Å². The zero-order valence-electron chi connectivity index (χ0n) is 10.2. The summed E-state index contributed by atoms with van der Waals surface area (Å²) in [5.41, 5.74) is 0.804. The summed E-state index contributed by atoms with van der Waals surface area (Å²) in [5, 5.41) is 5.91. The van der Waals surface area contributed by atoms with Crippen LogP contribution in [0.15, 0.2) is 28.7 Å². The first kappa shape index (κ1) is 14.2. The minimum Gasteiger partial charge on any atom is -0.325 e. The van der Waals surface area contributed by atoms with Crippen molar-refractivity contribution in [2.45, 2.75) is 0 Å². The second kappa shape index (κ2) is 7.42. The molecule has 2 N–H and O–H groups in total. The second-order valence-electron chi connectivity index (χ2n) is 4.04. The number of halogens is 1. The van der Waals surface area contributed by atoms with Crippen LogP contribution in [0.3, 0.4) is 0 Å². The lowest BCUT2D eigenvalue weighted by atomic mass is 10.3. The fourth-order valence-corrected chi connectivity index (χ4v) is 1.68. The van der Waals surface area contributed by atoms with Crippen LogP contribution in [0.4, 0.5) is 5.69 Å². The molecule has 1 aromatic carbocycles. The minimum absolute atomic E-state index is 0.0261. The third-order valence-electron chi connectivity index (χ3n) is 2.13. The summed E-state index contributed by atoms with van der Waals surface area (Å²) < 4.78 is 0.955. The van der Waals surface area contributed by atoms with Gasteiger partial charge in [-0.15, -0.1) is 0 Å². The summed E-state index contributed by atoms with van der Waals surface area (Å²) in [5.74, 6) is -0.0261. The highest BCUT2D eigenvalue weighted by atomic mass is 79.9. The van der Waals surface area contributed by atoms with E-state index >= 15 is 0 Å². The van der Waals surface area contributed by atoms with Crippen LogP contribution in [0.1, 0.15) is 0 Å². The van der Waals surface area contributed by atoms with E-state index in [1.807, 2.05) is 38.4 Å². The SMILES string of the molecule is CN(C)CCNCC(=O)Nc1cccc(Br)c1. The molecule has 0 unspecified atom stereocenters. The molecule has 1 amide bonds. The van der Waals surface area contributed by atoms with Crippen molar-refractivity contribution in [2.24, 2.45) is 0 Å². The quantitative estimate of drug-likeness (QED) is 0.783. The van der Waals surface area contributed by atoms with Crippen molar-refractivity contribution in [3.63, 3.8) is 0 Å². The summed E-state index contributed by atoms with van der Waals surface area (Å²) in [7, 11) is 4.01. The molecule has 0 aliphatic rings. The molecule has 0 bridgehead atoms. The van der Waals surface area contributed by atoms with Gasteiger partial charge in [0.2, 0.25) is 5.91 Å². The Morgan fingerprint density at radius 3 is 2.82 bits per heavy atom. The Balaban J connectivity index is 2.25. The molecule has 0 atom stereocenters. The summed E-state index contributed by atoms with van der Waals surface area (Å²) in [4.78, 5) is 13.6. The van der Waals surface area contributed by atoms with Gasteiger partial charge in [0, 0.05) is 23.2 Å². The average Bonchev–Trinajstić information content (AvgIpc) is 2.24. The maximum atomic E-state index is 11.6. The summed E-state index contributed by atoms with van der Waals surface area (Å²) >= 11 is 3.36. The van der Waals surface area contributed by atoms with Crippen molar-refractivity contribution in [1.29, 1.82) is 0 Å². The number of rotatable bonds is 6. The monoisotopic (exact) mass is 299 g/mol. The maximum absolute atomic E-state index is 11.6. The normalized spacial score (nSPS) is 10.6. The number of nitrogens with zero attached hydrogens (tertiary/aromatic N) is 1. The molecule has 0 aliphatic heterocycles. The molecule has 1 rings (SSSR count). The molecular formula is C12H18BrN3O. The molecule has 0 fully saturated rings. The molecule has 5 heteroatoms. The molecule has 0 heterocycles. The highest BCUT2D eigenvalue weighted by Crippen LogP contribution is 2.15. The van der Waals surface area contributed by atoms with Gasteiger partial charge < -0.3 is 15.5 Å². The number of carbonyl (C=O) groups is 1. The molecule has 0 saturated carbocycles. The van der Waals surface area contributed by atoms with E-state index in [1.165, 1.54) is 0 Å². The van der Waals surface area contributed by atoms with Gasteiger partial charge in [0.05, 0.1) is 6.54 Å². The van der Waals surface area contributed by atoms with Crippen LogP contribution < -0.4 is 10.6 Å². The molecule has 1 aromatic rings. The van der Waals surface area contributed by atoms with E-state index in [9.17, 15) is 4.79 Å². The molecule has 0 aromatic heterocycles. The Morgan fingerprint density at radius 2 is 2.18 bits per heavy atom. The number of benzene rings is 1. The smallest absolute Gasteiger partial charge is 0.238 e. The van der Waals surface area contributed by atoms with Gasteiger partial charge in [0.15, 0.2) is 0 Å². The summed E-state index contributed by atoms with van der Waals surface area (Å²) in [6.45, 7) is 2.06. The van der Waals surface area contributed by atoms with Gasteiger partial charge in [-0.1, -0.05) is 22.0 Å². The highest BCUT2D eigenvalue weighted by Gasteiger charge is 2.01. The molecule has 4 nitrogen and oxygen atoms in total. The van der Waals surface area contributed by atoms with Gasteiger partial charge in [0.25, 0.3) is 0 Å². The van der Waals surface area contributed by atoms with Crippen molar-refractivity contribution in [3.05, 3.63) is 28.7 Å². The van der Waals surface area contributed by atoms with Crippen LogP contribution >= 0.6 is 15.9 Å². The number of hydrogen-bond donors (Lipinski definition) is 2. The number of nitrogens with one attached hydrogen (secondary N) is 2. The van der Waals surface area contributed by atoms with E-state index in [2.05, 4.69) is 31.5 Å². The van der Waals surface area contributed by atoms with Crippen molar-refractivity contribution in [3.8, 4) is 0 Å². The lowest BCUT2D eigenvalue weighted by Crippen LogP contribution is -2.33. The van der Waals surface area contributed by atoms with Crippen LogP contribution in [0.25, 0.3) is 0 Å². The van der Waals surface area contributed by atoms with E-state index in [1.54, 1.807) is 0 Å². The number of hydrogen-bond acceptors (Lipinski definition) is 3. The first-order chi connectivity index (χ1) is 8.08. The van der Waals surface area contributed by atoms with Gasteiger partial charge in [-0.05, 0) is 32.3 Å². The largest absolute Gasteiger partial charge is 0.325 e. The molecule has 0 aliphatic carbocycles. The Labute approximate surface area is 111 Å². The van der Waals surface area contributed by atoms with Crippen molar-refractivity contribution < 1.29 is 4.79 Å². The Bertz CT molecular complexity index is 369. The second-order valence-corrected chi connectivity index (χ2v) is 4.95. The fraction of sp³-hybridized carbons (Fsp3) is 0.417. The van der Waals surface area contributed by atoms with Crippen LogP contribution in [0.2, 0.25) is 0 Å². The minimum atomic E-state index is -0.0261. The summed E-state index contributed by atoms with van der Waals surface area (Å²) in [6, 6.07) is 7.55. The zero-order valence-corrected chi connectivity index (χ0v) is 11.8. The van der Waals surface area contributed by atoms with Crippen LogP contribution in [-0.2, 0) is 4.79 Å². The molecule has 0 spiro atoms. The lowest BCUT2D eigenvalue weighted by molar-refractivity contribution is -0.115. The number of amides is 1. The molecule has 0 saturated heterocycles. The van der Waals surface area contributed by atoms with Crippen molar-refractivity contribution >= 4 is 27.5 Å². The molecule has 94 valence electrons. The third-order valence-corrected chi connectivity index (χ3v) is 2.62. The lowest BCUT2D eigenvalue weighted by Gasteiger charge is -2.10. The van der Waals surface area contributed by atoms with Gasteiger partial charge in [0.1, 0.15) is 0 Å². The highest BCUT2D eigenvalue weighted by molar-refractivity contribution is 9.10. The van der Waals surface area contributed by atoms with Gasteiger partial charge in [-0.25, -0.2) is 0 Å². The molecule has 17 heavy (non-hydrogen) atoms. The maximum Gasteiger partial charge on any atom is 0.238 e. The van der Waals surface area contributed by atoms with Crippen molar-refractivity contribution in [2.75, 3.05) is 39.0 Å². The number of anilines is 1. The predicted molar refractivity (Wildman–Crippen MR) is 74.2 cm³/mol. The Kier molecular flexibility index (Phi) is 6.18. The Morgan fingerprint density at radius 1 is 1.41 bits per heavy atom. The first-order valence-electron chi connectivity index (χ1n) is 5.49. The van der Waals surface area contributed by atoms with E-state index in [0.717, 1.165) is 23.2 Å². The molecule has 0 radical (unpaired) electrons. The van der Waals surface area contributed by atoms with Crippen LogP contribution in [-0.4, -0.2) is 44.5 Å². The van der Waals surface area contributed by atoms with E-state index in [-0.39, 0.29) is 5.91 Å². The van der Waals surface area contributed by atoms with Crippen LogP contribution in [0, 0.1) is 0 Å². The third kappa shape index (κ3) is 6.41. The standard InChI is InChI=1S/C12H18BrN3O/c1-16(2)7-6-14-9-12(17)15-11-5-3-4-10(13)8-11/h3-5,8,14H,6-7,9H2,1-2H3,(H,15,17). The van der Waals surface area contributed by atoms with Gasteiger partial charge in [-0.3, -0.25) is 4.79 Å². The fourth-order valence-electron chi connectivity index (χ4n) is 1.28. The first-order valence-corrected chi connectivity index (χ1v) is 6.28. The number of carbonyl (C=O) groups excluding carboxylic acids is 1. The van der Waals surface area contributed by atoms with Gasteiger partial charge in [-0.2, -0.15) is 0 Å². The van der Waals surface area contributed by atoms with E-state index in [0.29, 0.717) is 6.54 Å².